The van der Waals surface area contributed by atoms with Crippen molar-refractivity contribution in [1.82, 2.24) is 4.90 Å². The molecule has 0 spiro atoms. The maximum atomic E-state index is 12.7. The average molecular weight is 363 g/mol. The Balaban J connectivity index is 3.13. The van der Waals surface area contributed by atoms with E-state index in [0.29, 0.717) is 12.8 Å². The van der Waals surface area contributed by atoms with Gasteiger partial charge in [-0.3, -0.25) is 4.79 Å². The van der Waals surface area contributed by atoms with E-state index in [1.165, 1.54) is 4.90 Å². The summed E-state index contributed by atoms with van der Waals surface area (Å²) >= 11 is 0. The number of amides is 1. The fourth-order valence-corrected chi connectivity index (χ4v) is 4.66. The first-order chi connectivity index (χ1) is 10.8. The predicted molar refractivity (Wildman–Crippen MR) is 90.6 cm³/mol. The number of hydrogen-bond acceptors (Lipinski definition) is 5. The van der Waals surface area contributed by atoms with Crippen molar-refractivity contribution >= 4 is 21.9 Å². The van der Waals surface area contributed by atoms with Crippen LogP contribution in [-0.2, 0) is 19.4 Å². The van der Waals surface area contributed by atoms with E-state index in [0.717, 1.165) is 0 Å². The number of nitrogens with zero attached hydrogens (tertiary/aromatic N) is 1. The molecule has 24 heavy (non-hydrogen) atoms. The third kappa shape index (κ3) is 6.67. The van der Waals surface area contributed by atoms with Gasteiger partial charge in [0.15, 0.2) is 9.84 Å². The molecule has 8 heteroatoms. The van der Waals surface area contributed by atoms with Crippen LogP contribution in [0.5, 0.6) is 0 Å². The van der Waals surface area contributed by atoms with Gasteiger partial charge in [-0.15, -0.1) is 0 Å². The van der Waals surface area contributed by atoms with Gasteiger partial charge in [-0.25, -0.2) is 13.2 Å². The Kier molecular flexibility index (Phi) is 6.67. The quantitative estimate of drug-likeness (QED) is 0.777. The molecule has 0 saturated carbocycles. The second-order valence-corrected chi connectivity index (χ2v) is 10.1. The number of hydrogen-bond donors (Lipinski definition) is 1. The molecule has 1 saturated heterocycles. The summed E-state index contributed by atoms with van der Waals surface area (Å²) in [5.74, 6) is -0.980. The van der Waals surface area contributed by atoms with Gasteiger partial charge in [-0.2, -0.15) is 0 Å². The summed E-state index contributed by atoms with van der Waals surface area (Å²) in [5, 5.41) is 9.21. The summed E-state index contributed by atoms with van der Waals surface area (Å²) < 4.78 is 29.1. The second kappa shape index (κ2) is 7.72. The number of carboxylic acid groups (broad SMARTS) is 1. The maximum absolute atomic E-state index is 12.7. The second-order valence-electron chi connectivity index (χ2n) is 7.83. The minimum Gasteiger partial charge on any atom is -0.481 e. The highest BCUT2D eigenvalue weighted by atomic mass is 32.2. The lowest BCUT2D eigenvalue weighted by molar-refractivity contribution is -0.138. The number of carbonyl (C=O) groups excluding carboxylic acids is 1. The van der Waals surface area contributed by atoms with E-state index >= 15 is 0 Å². The number of carbonyl (C=O) groups is 2. The Morgan fingerprint density at radius 1 is 1.29 bits per heavy atom. The Labute approximate surface area is 144 Å². The van der Waals surface area contributed by atoms with Crippen LogP contribution in [0.4, 0.5) is 4.79 Å². The molecule has 2 atom stereocenters. The molecule has 7 nitrogen and oxygen atoms in total. The molecule has 0 aromatic rings. The molecule has 1 heterocycles. The van der Waals surface area contributed by atoms with Crippen molar-refractivity contribution in [2.75, 3.05) is 11.5 Å². The van der Waals surface area contributed by atoms with Crippen LogP contribution in [0.15, 0.2) is 0 Å². The Morgan fingerprint density at radius 3 is 2.25 bits per heavy atom. The largest absolute Gasteiger partial charge is 0.481 e. The summed E-state index contributed by atoms with van der Waals surface area (Å²) in [4.78, 5) is 25.3. The molecule has 0 aliphatic carbocycles. The number of ether oxygens (including phenoxy) is 1. The number of sulfone groups is 1. The van der Waals surface area contributed by atoms with E-state index in [9.17, 15) is 23.1 Å². The van der Waals surface area contributed by atoms with Gasteiger partial charge in [0, 0.05) is 6.04 Å². The van der Waals surface area contributed by atoms with Gasteiger partial charge in [0.1, 0.15) is 5.60 Å². The van der Waals surface area contributed by atoms with Crippen LogP contribution in [0.1, 0.15) is 53.9 Å². The van der Waals surface area contributed by atoms with Crippen LogP contribution >= 0.6 is 0 Å². The lowest BCUT2D eigenvalue weighted by Gasteiger charge is -2.37. The molecule has 1 amide bonds. The summed E-state index contributed by atoms with van der Waals surface area (Å²) in [7, 11) is -3.21. The van der Waals surface area contributed by atoms with Crippen molar-refractivity contribution in [3.05, 3.63) is 0 Å². The molecular formula is C16H29NO6S. The molecule has 1 rings (SSSR count). The predicted octanol–water partition coefficient (Wildman–Crippen LogP) is 2.30. The van der Waals surface area contributed by atoms with E-state index < -0.39 is 39.6 Å². The third-order valence-corrected chi connectivity index (χ3v) is 5.50. The molecular weight excluding hydrogens is 334 g/mol. The number of aliphatic carboxylic acids is 1. The highest BCUT2D eigenvalue weighted by molar-refractivity contribution is 7.91. The first kappa shape index (κ1) is 20.7. The van der Waals surface area contributed by atoms with E-state index in [4.69, 9.17) is 4.74 Å². The summed E-state index contributed by atoms with van der Waals surface area (Å²) in [6.07, 6.45) is -0.0808. The van der Waals surface area contributed by atoms with Crippen LogP contribution in [0.3, 0.4) is 0 Å². The molecule has 0 aromatic carbocycles. The fourth-order valence-electron chi connectivity index (χ4n) is 2.95. The van der Waals surface area contributed by atoms with Gasteiger partial charge in [-0.05, 0) is 39.5 Å². The Hall–Kier alpha value is -1.31. The van der Waals surface area contributed by atoms with Crippen LogP contribution in [0, 0.1) is 5.92 Å². The van der Waals surface area contributed by atoms with Gasteiger partial charge < -0.3 is 14.7 Å². The fraction of sp³-hybridized carbons (Fsp3) is 0.875. The molecule has 1 N–H and O–H groups in total. The van der Waals surface area contributed by atoms with Gasteiger partial charge >= 0.3 is 12.1 Å². The topological polar surface area (TPSA) is 101 Å². The van der Waals surface area contributed by atoms with Crippen molar-refractivity contribution in [1.29, 1.82) is 0 Å². The zero-order valence-corrected chi connectivity index (χ0v) is 15.9. The molecule has 0 bridgehead atoms. The molecule has 2 unspecified atom stereocenters. The average Bonchev–Trinajstić information content (AvgIpc) is 2.65. The van der Waals surface area contributed by atoms with E-state index in [1.54, 1.807) is 20.8 Å². The van der Waals surface area contributed by atoms with Gasteiger partial charge in [-0.1, -0.05) is 13.8 Å². The lowest BCUT2D eigenvalue weighted by Crippen LogP contribution is -2.51. The highest BCUT2D eigenvalue weighted by Crippen LogP contribution is 2.27. The van der Waals surface area contributed by atoms with E-state index in [2.05, 4.69) is 0 Å². The third-order valence-electron chi connectivity index (χ3n) is 3.75. The summed E-state index contributed by atoms with van der Waals surface area (Å²) in [6, 6.07) is -1.12. The molecule has 0 aromatic heterocycles. The SMILES string of the molecule is CC(C)CC(CC(=O)O)N(C(=O)OC(C)(C)C)C1CCS(=O)(=O)C1. The van der Waals surface area contributed by atoms with Crippen molar-refractivity contribution in [3.8, 4) is 0 Å². The van der Waals surface area contributed by atoms with Gasteiger partial charge in [0.2, 0.25) is 0 Å². The molecule has 140 valence electrons. The summed E-state index contributed by atoms with van der Waals surface area (Å²) in [6.45, 7) is 9.05. The first-order valence-electron chi connectivity index (χ1n) is 8.24. The maximum Gasteiger partial charge on any atom is 0.410 e. The molecule has 1 aliphatic rings. The normalized spacial score (nSPS) is 21.5. The minimum absolute atomic E-state index is 0.0123. The zero-order chi connectivity index (χ0) is 18.7. The monoisotopic (exact) mass is 363 g/mol. The van der Waals surface area contributed by atoms with Crippen LogP contribution < -0.4 is 0 Å². The smallest absolute Gasteiger partial charge is 0.410 e. The first-order valence-corrected chi connectivity index (χ1v) is 10.1. The highest BCUT2D eigenvalue weighted by Gasteiger charge is 2.40. The molecule has 0 radical (unpaired) electrons. The molecule has 1 aliphatic heterocycles. The number of rotatable bonds is 6. The van der Waals surface area contributed by atoms with Crippen LogP contribution in [0.25, 0.3) is 0 Å². The van der Waals surface area contributed by atoms with Crippen molar-refractivity contribution in [3.63, 3.8) is 0 Å². The zero-order valence-electron chi connectivity index (χ0n) is 15.1. The molecule has 1 fully saturated rings. The number of carboxylic acids is 1. The van der Waals surface area contributed by atoms with Gasteiger partial charge in [0.05, 0.1) is 24.0 Å². The van der Waals surface area contributed by atoms with Crippen LogP contribution in [-0.4, -0.2) is 59.7 Å². The lowest BCUT2D eigenvalue weighted by atomic mass is 9.98. The van der Waals surface area contributed by atoms with Crippen molar-refractivity contribution in [2.45, 2.75) is 71.6 Å². The van der Waals surface area contributed by atoms with E-state index in [-0.39, 0.29) is 23.8 Å². The van der Waals surface area contributed by atoms with E-state index in [1.807, 2.05) is 13.8 Å². The Bertz CT molecular complexity index is 564. The van der Waals surface area contributed by atoms with Crippen LogP contribution in [0.2, 0.25) is 0 Å². The minimum atomic E-state index is -3.21. The van der Waals surface area contributed by atoms with Crippen molar-refractivity contribution < 1.29 is 27.9 Å². The van der Waals surface area contributed by atoms with Crippen molar-refractivity contribution in [2.24, 2.45) is 5.92 Å². The standard InChI is InChI=1S/C16H29NO6S/c1-11(2)8-13(9-14(18)19)17(15(20)23-16(3,4)5)12-6-7-24(21,22)10-12/h11-13H,6-10H2,1-5H3,(H,18,19). The Morgan fingerprint density at radius 2 is 1.88 bits per heavy atom. The van der Waals surface area contributed by atoms with Gasteiger partial charge in [0.25, 0.3) is 0 Å². The summed E-state index contributed by atoms with van der Waals surface area (Å²) in [5.41, 5.74) is -0.738.